The molecule has 31 heavy (non-hydrogen) atoms. The fourth-order valence-electron chi connectivity index (χ4n) is 5.74. The predicted octanol–water partition coefficient (Wildman–Crippen LogP) is 3.03. The number of benzene rings is 2. The van der Waals surface area contributed by atoms with Gasteiger partial charge in [-0.2, -0.15) is 0 Å². The van der Waals surface area contributed by atoms with Crippen molar-refractivity contribution >= 4 is 29.2 Å². The number of nitrogens with zero attached hydrogens (tertiary/aromatic N) is 1. The van der Waals surface area contributed by atoms with Crippen LogP contribution in [0.4, 0.5) is 5.69 Å². The Kier molecular flexibility index (Phi) is 3.81. The predicted molar refractivity (Wildman–Crippen MR) is 113 cm³/mol. The molecule has 1 heterocycles. The lowest BCUT2D eigenvalue weighted by Crippen LogP contribution is -2.38. The first-order valence-corrected chi connectivity index (χ1v) is 10.6. The zero-order valence-corrected chi connectivity index (χ0v) is 16.7. The van der Waals surface area contributed by atoms with Crippen molar-refractivity contribution in [3.8, 4) is 11.1 Å². The van der Waals surface area contributed by atoms with Crippen LogP contribution in [-0.4, -0.2) is 34.9 Å². The third-order valence-corrected chi connectivity index (χ3v) is 7.16. The van der Waals surface area contributed by atoms with E-state index >= 15 is 0 Å². The van der Waals surface area contributed by atoms with E-state index in [0.717, 1.165) is 28.9 Å². The van der Waals surface area contributed by atoms with E-state index < -0.39 is 5.91 Å². The molecule has 2 aromatic rings. The normalized spacial score (nSPS) is 27.4. The van der Waals surface area contributed by atoms with Crippen LogP contribution in [0.2, 0.25) is 0 Å². The molecule has 1 N–H and O–H groups in total. The second-order valence-electron chi connectivity index (χ2n) is 8.79. The zero-order chi connectivity index (χ0) is 21.3. The summed E-state index contributed by atoms with van der Waals surface area (Å²) in [5, 5.41) is 2.75. The van der Waals surface area contributed by atoms with Crippen LogP contribution in [0.3, 0.4) is 0 Å². The number of amides is 3. The largest absolute Gasteiger partial charge is 0.325 e. The summed E-state index contributed by atoms with van der Waals surface area (Å²) >= 11 is 0. The van der Waals surface area contributed by atoms with Crippen molar-refractivity contribution in [1.82, 2.24) is 4.90 Å². The highest BCUT2D eigenvalue weighted by Gasteiger charge is 2.56. The molecule has 0 radical (unpaired) electrons. The number of carbonyl (C=O) groups is 4. The van der Waals surface area contributed by atoms with Crippen LogP contribution in [0.5, 0.6) is 0 Å². The van der Waals surface area contributed by atoms with Gasteiger partial charge in [-0.05, 0) is 47.9 Å². The van der Waals surface area contributed by atoms with Crippen molar-refractivity contribution in [2.45, 2.75) is 12.8 Å². The number of allylic oxidation sites excluding steroid dienone is 2. The number of imide groups is 1. The summed E-state index contributed by atoms with van der Waals surface area (Å²) in [6, 6.07) is 12.6. The van der Waals surface area contributed by atoms with E-state index in [4.69, 9.17) is 0 Å². The minimum absolute atomic E-state index is 0.0707. The molecular formula is C25H20N2O4. The maximum atomic E-state index is 12.9. The van der Waals surface area contributed by atoms with E-state index in [1.54, 1.807) is 18.2 Å². The summed E-state index contributed by atoms with van der Waals surface area (Å²) < 4.78 is 0. The first-order chi connectivity index (χ1) is 15.0. The Labute approximate surface area is 178 Å². The molecule has 1 saturated carbocycles. The van der Waals surface area contributed by atoms with Crippen LogP contribution in [0.15, 0.2) is 54.6 Å². The molecule has 0 unspecified atom stereocenters. The lowest BCUT2D eigenvalue weighted by Gasteiger charge is -2.38. The number of fused-ring (bicyclic) bond motifs is 4. The van der Waals surface area contributed by atoms with Gasteiger partial charge in [0, 0.05) is 16.8 Å². The quantitative estimate of drug-likeness (QED) is 0.529. The Morgan fingerprint density at radius 1 is 0.839 bits per heavy atom. The molecule has 1 aliphatic heterocycles. The van der Waals surface area contributed by atoms with E-state index in [-0.39, 0.29) is 47.8 Å². The number of carbonyl (C=O) groups excluding carboxylic acids is 4. The third kappa shape index (κ3) is 2.57. The molecule has 2 fully saturated rings. The van der Waals surface area contributed by atoms with E-state index in [0.29, 0.717) is 16.8 Å². The maximum absolute atomic E-state index is 12.9. The van der Waals surface area contributed by atoms with Gasteiger partial charge in [-0.25, -0.2) is 0 Å². The monoisotopic (exact) mass is 412 g/mol. The number of hydrogen-bond acceptors (Lipinski definition) is 4. The first-order valence-electron chi connectivity index (χ1n) is 10.6. The molecule has 2 bridgehead atoms. The lowest BCUT2D eigenvalue weighted by molar-refractivity contribution is -0.142. The second kappa shape index (κ2) is 6.48. The zero-order valence-electron chi connectivity index (χ0n) is 16.7. The van der Waals surface area contributed by atoms with Crippen LogP contribution in [-0.2, 0) is 14.4 Å². The maximum Gasteiger partial charge on any atom is 0.244 e. The van der Waals surface area contributed by atoms with E-state index in [2.05, 4.69) is 17.5 Å². The average molecular weight is 412 g/mol. The average Bonchev–Trinajstić information content (AvgIpc) is 3.22. The molecule has 3 amide bonds. The topological polar surface area (TPSA) is 83.6 Å². The smallest absolute Gasteiger partial charge is 0.244 e. The minimum atomic E-state index is -0.441. The highest BCUT2D eigenvalue weighted by Crippen LogP contribution is 2.49. The summed E-state index contributed by atoms with van der Waals surface area (Å²) in [5.74, 6) is -1.41. The summed E-state index contributed by atoms with van der Waals surface area (Å²) in [7, 11) is 0. The molecule has 154 valence electrons. The SMILES string of the molecule is O=C(CN1C(=O)[C@@H]2[C@H](C1=O)[C@H]1C=C[C@H]2CC1)Nc1ccc2c(c1)C(=O)c1ccccc1-2. The van der Waals surface area contributed by atoms with Gasteiger partial charge in [-0.1, -0.05) is 42.5 Å². The standard InChI is InChI=1S/C25H20N2O4/c28-20(12-27-24(30)21-13-5-6-14(8-7-13)22(21)25(27)31)26-15-9-10-17-16-3-1-2-4-18(16)23(29)19(17)11-15/h1-6,9-11,13-14,21-22H,7-8,12H2,(H,26,28)/t13-,14-,21-,22+/m0/s1. The molecule has 4 atom stereocenters. The van der Waals surface area contributed by atoms with Crippen molar-refractivity contribution in [2.24, 2.45) is 23.7 Å². The summed E-state index contributed by atoms with van der Waals surface area (Å²) in [4.78, 5) is 52.3. The van der Waals surface area contributed by atoms with Crippen LogP contribution >= 0.6 is 0 Å². The van der Waals surface area contributed by atoms with E-state index in [1.807, 2.05) is 24.3 Å². The van der Waals surface area contributed by atoms with Crippen LogP contribution in [0.25, 0.3) is 11.1 Å². The van der Waals surface area contributed by atoms with Crippen molar-refractivity contribution in [3.05, 3.63) is 65.7 Å². The Bertz CT molecular complexity index is 1180. The molecule has 6 heteroatoms. The number of rotatable bonds is 3. The molecular weight excluding hydrogens is 392 g/mol. The van der Waals surface area contributed by atoms with Gasteiger partial charge < -0.3 is 5.32 Å². The van der Waals surface area contributed by atoms with Gasteiger partial charge in [0.1, 0.15) is 6.54 Å². The fraction of sp³-hybridized carbons (Fsp3) is 0.280. The van der Waals surface area contributed by atoms with Gasteiger partial charge in [0.2, 0.25) is 17.7 Å². The third-order valence-electron chi connectivity index (χ3n) is 7.16. The first kappa shape index (κ1) is 18.2. The molecule has 4 aliphatic carbocycles. The van der Waals surface area contributed by atoms with Gasteiger partial charge in [-0.15, -0.1) is 0 Å². The second-order valence-corrected chi connectivity index (χ2v) is 8.79. The summed E-state index contributed by atoms with van der Waals surface area (Å²) in [6.45, 7) is -0.296. The lowest BCUT2D eigenvalue weighted by atomic mass is 9.63. The Balaban J connectivity index is 1.20. The molecule has 1 saturated heterocycles. The molecule has 2 aromatic carbocycles. The Hall–Kier alpha value is -3.54. The fourth-order valence-corrected chi connectivity index (χ4v) is 5.74. The van der Waals surface area contributed by atoms with Crippen molar-refractivity contribution in [1.29, 1.82) is 0 Å². The summed E-state index contributed by atoms with van der Waals surface area (Å²) in [6.07, 6.45) is 5.97. The van der Waals surface area contributed by atoms with Gasteiger partial charge >= 0.3 is 0 Å². The van der Waals surface area contributed by atoms with Gasteiger partial charge in [0.15, 0.2) is 5.78 Å². The molecule has 7 rings (SSSR count). The number of hydrogen-bond donors (Lipinski definition) is 1. The number of ketones is 1. The highest BCUT2D eigenvalue weighted by atomic mass is 16.2. The van der Waals surface area contributed by atoms with Gasteiger partial charge in [0.05, 0.1) is 11.8 Å². The van der Waals surface area contributed by atoms with Crippen molar-refractivity contribution < 1.29 is 19.2 Å². The molecule has 0 aromatic heterocycles. The van der Waals surface area contributed by atoms with Crippen LogP contribution in [0.1, 0.15) is 28.8 Å². The van der Waals surface area contributed by atoms with Crippen LogP contribution < -0.4 is 5.32 Å². The molecule has 6 nitrogen and oxygen atoms in total. The molecule has 5 aliphatic rings. The Morgan fingerprint density at radius 3 is 2.10 bits per heavy atom. The Morgan fingerprint density at radius 2 is 1.45 bits per heavy atom. The van der Waals surface area contributed by atoms with Crippen molar-refractivity contribution in [2.75, 3.05) is 11.9 Å². The van der Waals surface area contributed by atoms with E-state index in [9.17, 15) is 19.2 Å². The summed E-state index contributed by atoms with van der Waals surface area (Å²) in [5.41, 5.74) is 3.40. The van der Waals surface area contributed by atoms with E-state index in [1.165, 1.54) is 0 Å². The number of nitrogens with one attached hydrogen (secondary N) is 1. The van der Waals surface area contributed by atoms with Crippen molar-refractivity contribution in [3.63, 3.8) is 0 Å². The number of likely N-dealkylation sites (tertiary alicyclic amines) is 1. The van der Waals surface area contributed by atoms with Gasteiger partial charge in [-0.3, -0.25) is 24.1 Å². The highest BCUT2D eigenvalue weighted by molar-refractivity contribution is 6.22. The minimum Gasteiger partial charge on any atom is -0.325 e. The van der Waals surface area contributed by atoms with Crippen LogP contribution in [0, 0.1) is 23.7 Å². The molecule has 0 spiro atoms. The van der Waals surface area contributed by atoms with Gasteiger partial charge in [0.25, 0.3) is 0 Å². The number of anilines is 1.